The second-order valence-corrected chi connectivity index (χ2v) is 7.73. The van der Waals surface area contributed by atoms with Crippen LogP contribution < -0.4 is 5.32 Å². The minimum Gasteiger partial charge on any atom is -0.325 e. The van der Waals surface area contributed by atoms with Crippen molar-refractivity contribution in [2.24, 2.45) is 0 Å². The summed E-state index contributed by atoms with van der Waals surface area (Å²) in [4.78, 5) is 15.1. The van der Waals surface area contributed by atoms with Gasteiger partial charge in [-0.25, -0.2) is 0 Å². The number of carbonyl (C=O) groups is 1. The van der Waals surface area contributed by atoms with E-state index in [0.29, 0.717) is 0 Å². The summed E-state index contributed by atoms with van der Waals surface area (Å²) in [5, 5.41) is 3.09. The van der Waals surface area contributed by atoms with Crippen molar-refractivity contribution in [2.75, 3.05) is 18.4 Å². The zero-order chi connectivity index (χ0) is 15.9. The van der Waals surface area contributed by atoms with Crippen molar-refractivity contribution < 1.29 is 4.79 Å². The van der Waals surface area contributed by atoms with Gasteiger partial charge in [-0.3, -0.25) is 9.69 Å². The van der Waals surface area contributed by atoms with Crippen LogP contribution in [0.25, 0.3) is 0 Å². The quantitative estimate of drug-likeness (QED) is 0.754. The second kappa shape index (κ2) is 5.91. The molecule has 1 amide bonds. The summed E-state index contributed by atoms with van der Waals surface area (Å²) in [7, 11) is 0. The van der Waals surface area contributed by atoms with E-state index in [1.165, 1.54) is 14.7 Å². The van der Waals surface area contributed by atoms with Gasteiger partial charge in [-0.1, -0.05) is 30.3 Å². The lowest BCUT2D eigenvalue weighted by molar-refractivity contribution is -0.122. The number of hydrogen-bond acceptors (Lipinski definition) is 2. The van der Waals surface area contributed by atoms with E-state index >= 15 is 0 Å². The van der Waals surface area contributed by atoms with Gasteiger partial charge in [-0.05, 0) is 77.8 Å². The molecular formula is C19H19IN2O. The fraction of sp³-hybridized carbons (Fsp3) is 0.316. The van der Waals surface area contributed by atoms with Crippen LogP contribution in [0.4, 0.5) is 5.69 Å². The lowest BCUT2D eigenvalue weighted by Gasteiger charge is -2.38. The minimum atomic E-state index is -0.316. The molecule has 0 unspecified atom stereocenters. The molecular weight excluding hydrogens is 399 g/mol. The number of amides is 1. The van der Waals surface area contributed by atoms with Crippen LogP contribution in [0.2, 0.25) is 0 Å². The van der Waals surface area contributed by atoms with Crippen molar-refractivity contribution in [3.05, 3.63) is 63.2 Å². The molecule has 23 heavy (non-hydrogen) atoms. The van der Waals surface area contributed by atoms with Gasteiger partial charge in [0, 0.05) is 15.8 Å². The maximum absolute atomic E-state index is 12.7. The third-order valence-electron chi connectivity index (χ3n) is 5.14. The summed E-state index contributed by atoms with van der Waals surface area (Å²) in [5.74, 6) is 0.189. The molecule has 0 bridgehead atoms. The lowest BCUT2D eigenvalue weighted by atomic mass is 9.73. The zero-order valence-electron chi connectivity index (χ0n) is 12.9. The molecule has 3 nitrogen and oxygen atoms in total. The smallest absolute Gasteiger partial charge is 0.235 e. The first-order valence-corrected chi connectivity index (χ1v) is 9.13. The first kappa shape index (κ1) is 15.1. The number of hydrogen-bond donors (Lipinski definition) is 1. The van der Waals surface area contributed by atoms with E-state index in [4.69, 9.17) is 0 Å². The largest absolute Gasteiger partial charge is 0.325 e. The van der Waals surface area contributed by atoms with Crippen LogP contribution in [0.3, 0.4) is 0 Å². The Morgan fingerprint density at radius 3 is 2.57 bits per heavy atom. The van der Waals surface area contributed by atoms with E-state index in [0.717, 1.165) is 38.2 Å². The predicted octanol–water partition coefficient (Wildman–Crippen LogP) is 3.78. The highest BCUT2D eigenvalue weighted by molar-refractivity contribution is 14.1. The van der Waals surface area contributed by atoms with Crippen LogP contribution in [-0.2, 0) is 16.8 Å². The zero-order valence-corrected chi connectivity index (χ0v) is 15.0. The molecule has 4 rings (SSSR count). The molecule has 2 aliphatic rings. The third-order valence-corrected chi connectivity index (χ3v) is 5.81. The SMILES string of the molecule is O=C1Nc2ccc(I)cc2C12CCN(Cc1ccccc1)CC2. The summed E-state index contributed by atoms with van der Waals surface area (Å²) in [5.41, 5.74) is 3.24. The summed E-state index contributed by atoms with van der Waals surface area (Å²) in [6.45, 7) is 2.90. The van der Waals surface area contributed by atoms with E-state index in [1.807, 2.05) is 6.07 Å². The van der Waals surface area contributed by atoms with Crippen LogP contribution in [0.5, 0.6) is 0 Å². The molecule has 0 aromatic heterocycles. The van der Waals surface area contributed by atoms with Crippen LogP contribution in [0.15, 0.2) is 48.5 Å². The van der Waals surface area contributed by atoms with E-state index in [2.05, 4.69) is 75.3 Å². The van der Waals surface area contributed by atoms with Gasteiger partial charge >= 0.3 is 0 Å². The van der Waals surface area contributed by atoms with Gasteiger partial charge in [0.15, 0.2) is 0 Å². The molecule has 1 spiro atoms. The number of halogens is 1. The summed E-state index contributed by atoms with van der Waals surface area (Å²) >= 11 is 2.33. The molecule has 0 atom stereocenters. The van der Waals surface area contributed by atoms with Crippen molar-refractivity contribution >= 4 is 34.2 Å². The molecule has 1 N–H and O–H groups in total. The molecule has 118 valence electrons. The van der Waals surface area contributed by atoms with Gasteiger partial charge in [0.05, 0.1) is 5.41 Å². The lowest BCUT2D eigenvalue weighted by Crippen LogP contribution is -2.46. The van der Waals surface area contributed by atoms with E-state index in [9.17, 15) is 4.79 Å². The van der Waals surface area contributed by atoms with Gasteiger partial charge in [-0.2, -0.15) is 0 Å². The number of piperidine rings is 1. The second-order valence-electron chi connectivity index (χ2n) is 6.49. The summed E-state index contributed by atoms with van der Waals surface area (Å²) < 4.78 is 1.20. The number of nitrogens with one attached hydrogen (secondary N) is 1. The number of likely N-dealkylation sites (tertiary alicyclic amines) is 1. The van der Waals surface area contributed by atoms with Crippen molar-refractivity contribution in [1.82, 2.24) is 4.90 Å². The number of anilines is 1. The molecule has 4 heteroatoms. The Balaban J connectivity index is 1.53. The number of rotatable bonds is 2. The highest BCUT2D eigenvalue weighted by Gasteiger charge is 2.48. The first-order valence-electron chi connectivity index (χ1n) is 8.05. The van der Waals surface area contributed by atoms with E-state index in [-0.39, 0.29) is 11.3 Å². The fourth-order valence-electron chi connectivity index (χ4n) is 3.82. The van der Waals surface area contributed by atoms with Gasteiger partial charge in [0.2, 0.25) is 5.91 Å². The van der Waals surface area contributed by atoms with Crippen LogP contribution >= 0.6 is 22.6 Å². The molecule has 2 aromatic rings. The number of carbonyl (C=O) groups excluding carboxylic acids is 1. The number of benzene rings is 2. The first-order chi connectivity index (χ1) is 11.2. The molecule has 1 fully saturated rings. The average Bonchev–Trinajstić information content (AvgIpc) is 2.83. The number of fused-ring (bicyclic) bond motifs is 2. The van der Waals surface area contributed by atoms with E-state index < -0.39 is 0 Å². The standard InChI is InChI=1S/C19H19IN2O/c20-15-6-7-17-16(12-15)19(18(23)21-17)8-10-22(11-9-19)13-14-4-2-1-3-5-14/h1-7,12H,8-11,13H2,(H,21,23). The van der Waals surface area contributed by atoms with Gasteiger partial charge in [0.1, 0.15) is 0 Å². The molecule has 0 saturated carbocycles. The Bertz CT molecular complexity index is 736. The van der Waals surface area contributed by atoms with Crippen molar-refractivity contribution in [2.45, 2.75) is 24.8 Å². The van der Waals surface area contributed by atoms with Crippen molar-refractivity contribution in [3.63, 3.8) is 0 Å². The Morgan fingerprint density at radius 2 is 1.83 bits per heavy atom. The third kappa shape index (κ3) is 2.68. The highest BCUT2D eigenvalue weighted by atomic mass is 127. The van der Waals surface area contributed by atoms with Gasteiger partial charge in [-0.15, -0.1) is 0 Å². The fourth-order valence-corrected chi connectivity index (χ4v) is 4.31. The summed E-state index contributed by atoms with van der Waals surface area (Å²) in [6.07, 6.45) is 1.80. The topological polar surface area (TPSA) is 32.3 Å². The van der Waals surface area contributed by atoms with Gasteiger partial charge < -0.3 is 5.32 Å². The van der Waals surface area contributed by atoms with Crippen molar-refractivity contribution in [1.29, 1.82) is 0 Å². The molecule has 2 aliphatic heterocycles. The van der Waals surface area contributed by atoms with Crippen LogP contribution in [0, 0.1) is 3.57 Å². The molecule has 1 saturated heterocycles. The number of nitrogens with zero attached hydrogens (tertiary/aromatic N) is 1. The Kier molecular flexibility index (Phi) is 3.89. The molecule has 2 aromatic carbocycles. The summed E-state index contributed by atoms with van der Waals surface area (Å²) in [6, 6.07) is 16.8. The maximum atomic E-state index is 12.7. The Labute approximate surface area is 150 Å². The predicted molar refractivity (Wildman–Crippen MR) is 100 cm³/mol. The monoisotopic (exact) mass is 418 g/mol. The minimum absolute atomic E-state index is 0.189. The Hall–Kier alpha value is -1.40. The van der Waals surface area contributed by atoms with Crippen molar-refractivity contribution in [3.8, 4) is 0 Å². The van der Waals surface area contributed by atoms with Gasteiger partial charge in [0.25, 0.3) is 0 Å². The normalized spacial score (nSPS) is 19.6. The molecule has 0 radical (unpaired) electrons. The van der Waals surface area contributed by atoms with Crippen LogP contribution in [0.1, 0.15) is 24.0 Å². The maximum Gasteiger partial charge on any atom is 0.235 e. The van der Waals surface area contributed by atoms with Crippen LogP contribution in [-0.4, -0.2) is 23.9 Å². The Morgan fingerprint density at radius 1 is 1.09 bits per heavy atom. The van der Waals surface area contributed by atoms with E-state index in [1.54, 1.807) is 0 Å². The molecule has 2 heterocycles. The average molecular weight is 418 g/mol. The molecule has 0 aliphatic carbocycles. The highest BCUT2D eigenvalue weighted by Crippen LogP contribution is 2.45.